The van der Waals surface area contributed by atoms with E-state index >= 15 is 0 Å². The Morgan fingerprint density at radius 2 is 1.74 bits per heavy atom. The number of carboxylic acids is 1. The Bertz CT molecular complexity index is 1480. The average molecular weight is 589 g/mol. The number of likely N-dealkylation sites (N-methyl/N-ethyl adjacent to an activating group) is 1. The fourth-order valence-corrected chi connectivity index (χ4v) is 6.07. The molecule has 0 spiro atoms. The van der Waals surface area contributed by atoms with Crippen LogP contribution in [0.1, 0.15) is 61.5 Å². The Morgan fingerprint density at radius 3 is 2.42 bits per heavy atom. The van der Waals surface area contributed by atoms with Gasteiger partial charge < -0.3 is 25.1 Å². The molecule has 3 N–H and O–H groups in total. The van der Waals surface area contributed by atoms with Gasteiger partial charge in [-0.3, -0.25) is 9.78 Å². The fourth-order valence-electron chi connectivity index (χ4n) is 6.07. The Labute approximate surface area is 252 Å². The van der Waals surface area contributed by atoms with Crippen LogP contribution in [0.3, 0.4) is 0 Å². The second kappa shape index (κ2) is 13.3. The zero-order valence-corrected chi connectivity index (χ0v) is 25.1. The third-order valence-corrected chi connectivity index (χ3v) is 8.34. The standard InChI is InChI=1S/C34H41FN4O4/c1-21(2)33-28(12-11-24(40)19-25(41)20-31(42)43)32(22-7-9-23(35)10-8-22)27-5-4-6-29-26(34(27)37-33)13-14-30(36-29)39-17-15-38(3)16-18-39/h7-14,21,24-25,40-41H,4-6,15-20H2,1-3H3,(H,42,43)/t24-,25-/m1/s1. The molecule has 43 heavy (non-hydrogen) atoms. The van der Waals surface area contributed by atoms with Crippen molar-refractivity contribution >= 4 is 17.9 Å². The number of benzene rings is 1. The van der Waals surface area contributed by atoms with Gasteiger partial charge in [0.05, 0.1) is 35.7 Å². The van der Waals surface area contributed by atoms with Gasteiger partial charge in [0, 0.05) is 43.7 Å². The molecule has 2 aliphatic rings. The van der Waals surface area contributed by atoms with Gasteiger partial charge in [0.25, 0.3) is 0 Å². The first-order valence-electron chi connectivity index (χ1n) is 15.1. The third kappa shape index (κ3) is 7.12. The van der Waals surface area contributed by atoms with Gasteiger partial charge >= 0.3 is 5.97 Å². The van der Waals surface area contributed by atoms with Gasteiger partial charge in [-0.15, -0.1) is 0 Å². The highest BCUT2D eigenvalue weighted by atomic mass is 19.1. The number of aliphatic carboxylic acids is 1. The maximum atomic E-state index is 14.1. The van der Waals surface area contributed by atoms with E-state index in [1.54, 1.807) is 18.2 Å². The number of halogens is 1. The number of aliphatic hydroxyl groups excluding tert-OH is 2. The lowest BCUT2D eigenvalue weighted by molar-refractivity contribution is -0.139. The van der Waals surface area contributed by atoms with E-state index in [0.29, 0.717) is 0 Å². The summed E-state index contributed by atoms with van der Waals surface area (Å²) in [7, 11) is 2.14. The van der Waals surface area contributed by atoms with E-state index < -0.39 is 24.6 Å². The summed E-state index contributed by atoms with van der Waals surface area (Å²) in [5.74, 6) is -0.413. The molecule has 0 amide bonds. The SMILES string of the molecule is CC(C)c1nc2c(c(-c3ccc(F)cc3)c1C=C[C@@H](O)C[C@@H](O)CC(=O)O)CCCc1nc(N3CCN(C)CC3)ccc1-2. The molecule has 8 nitrogen and oxygen atoms in total. The number of carbonyl (C=O) groups is 1. The maximum Gasteiger partial charge on any atom is 0.305 e. The van der Waals surface area contributed by atoms with Gasteiger partial charge in [-0.2, -0.15) is 0 Å². The van der Waals surface area contributed by atoms with E-state index in [0.717, 1.165) is 96.2 Å². The number of hydrogen-bond donors (Lipinski definition) is 3. The zero-order valence-electron chi connectivity index (χ0n) is 25.1. The van der Waals surface area contributed by atoms with E-state index in [2.05, 4.69) is 42.8 Å². The van der Waals surface area contributed by atoms with Gasteiger partial charge in [-0.05, 0) is 73.2 Å². The maximum absolute atomic E-state index is 14.1. The smallest absolute Gasteiger partial charge is 0.305 e. The molecule has 2 aromatic heterocycles. The van der Waals surface area contributed by atoms with E-state index in [-0.39, 0.29) is 18.2 Å². The molecule has 1 saturated heterocycles. The molecule has 228 valence electrons. The van der Waals surface area contributed by atoms with Crippen LogP contribution in [0.5, 0.6) is 0 Å². The zero-order chi connectivity index (χ0) is 30.7. The van der Waals surface area contributed by atoms with Crippen molar-refractivity contribution in [2.75, 3.05) is 38.1 Å². The minimum atomic E-state index is -1.16. The second-order valence-corrected chi connectivity index (χ2v) is 12.0. The number of anilines is 1. The van der Waals surface area contributed by atoms with Crippen LogP contribution in [0, 0.1) is 5.82 Å². The number of hydrogen-bond acceptors (Lipinski definition) is 7. The predicted octanol–water partition coefficient (Wildman–Crippen LogP) is 4.91. The molecule has 0 bridgehead atoms. The molecular formula is C34H41FN4O4. The topological polar surface area (TPSA) is 110 Å². The van der Waals surface area contributed by atoms with Crippen LogP contribution in [0.25, 0.3) is 28.5 Å². The second-order valence-electron chi connectivity index (χ2n) is 12.0. The van der Waals surface area contributed by atoms with E-state index in [1.807, 2.05) is 6.08 Å². The Kier molecular flexibility index (Phi) is 9.54. The highest BCUT2D eigenvalue weighted by Crippen LogP contribution is 2.42. The molecule has 0 unspecified atom stereocenters. The first-order chi connectivity index (χ1) is 20.6. The molecule has 0 radical (unpaired) electrons. The molecule has 9 heteroatoms. The summed E-state index contributed by atoms with van der Waals surface area (Å²) in [4.78, 5) is 26.0. The minimum absolute atomic E-state index is 0.0307. The largest absolute Gasteiger partial charge is 0.481 e. The lowest BCUT2D eigenvalue weighted by Crippen LogP contribution is -2.44. The van der Waals surface area contributed by atoms with E-state index in [9.17, 15) is 19.4 Å². The first-order valence-corrected chi connectivity index (χ1v) is 15.1. The van der Waals surface area contributed by atoms with Gasteiger partial charge in [-0.25, -0.2) is 9.37 Å². The number of pyridine rings is 2. The van der Waals surface area contributed by atoms with Gasteiger partial charge in [0.1, 0.15) is 11.6 Å². The molecule has 3 aromatic rings. The minimum Gasteiger partial charge on any atom is -0.481 e. The summed E-state index contributed by atoms with van der Waals surface area (Å²) in [6.45, 7) is 8.03. The first kappa shape index (κ1) is 30.8. The number of aromatic nitrogens is 2. The molecule has 0 saturated carbocycles. The summed E-state index contributed by atoms with van der Waals surface area (Å²) < 4.78 is 14.1. The van der Waals surface area contributed by atoms with Crippen LogP contribution in [-0.4, -0.2) is 81.6 Å². The molecule has 2 atom stereocenters. The van der Waals surface area contributed by atoms with E-state index in [4.69, 9.17) is 15.1 Å². The number of rotatable bonds is 9. The third-order valence-electron chi connectivity index (χ3n) is 8.34. The average Bonchev–Trinajstić information content (AvgIpc) is 3.14. The Balaban J connectivity index is 1.62. The highest BCUT2D eigenvalue weighted by molar-refractivity contribution is 5.85. The van der Waals surface area contributed by atoms with Crippen molar-refractivity contribution < 1.29 is 24.5 Å². The highest BCUT2D eigenvalue weighted by Gasteiger charge is 2.27. The summed E-state index contributed by atoms with van der Waals surface area (Å²) in [5, 5.41) is 29.7. The van der Waals surface area contributed by atoms with Crippen LogP contribution in [-0.2, 0) is 17.6 Å². The number of piperazine rings is 1. The molecular weight excluding hydrogens is 547 g/mol. The lowest BCUT2D eigenvalue weighted by Gasteiger charge is -2.33. The Hall–Kier alpha value is -3.66. The van der Waals surface area contributed by atoms with Crippen LogP contribution in [0.4, 0.5) is 10.2 Å². The van der Waals surface area contributed by atoms with Crippen LogP contribution >= 0.6 is 0 Å². The summed E-state index contributed by atoms with van der Waals surface area (Å²) in [6.07, 6.45) is 3.11. The lowest BCUT2D eigenvalue weighted by atomic mass is 9.86. The van der Waals surface area contributed by atoms with Gasteiger partial charge in [-0.1, -0.05) is 38.1 Å². The van der Waals surface area contributed by atoms with Gasteiger partial charge in [0.2, 0.25) is 0 Å². The number of fused-ring (bicyclic) bond motifs is 3. The van der Waals surface area contributed by atoms with Crippen molar-refractivity contribution in [1.82, 2.24) is 14.9 Å². The van der Waals surface area contributed by atoms with Gasteiger partial charge in [0.15, 0.2) is 0 Å². The van der Waals surface area contributed by atoms with Crippen molar-refractivity contribution in [3.63, 3.8) is 0 Å². The number of aliphatic hydroxyl groups is 2. The van der Waals surface area contributed by atoms with Crippen molar-refractivity contribution in [1.29, 1.82) is 0 Å². The summed E-state index contributed by atoms with van der Waals surface area (Å²) in [5.41, 5.74) is 7.47. The quantitative estimate of drug-likeness (QED) is 0.324. The normalized spacial score (nSPS) is 17.0. The van der Waals surface area contributed by atoms with Crippen LogP contribution in [0.2, 0.25) is 0 Å². The fraction of sp³-hybridized carbons (Fsp3) is 0.441. The molecule has 1 aliphatic heterocycles. The molecule has 5 rings (SSSR count). The van der Waals surface area contributed by atoms with E-state index in [1.165, 1.54) is 12.1 Å². The predicted molar refractivity (Wildman–Crippen MR) is 167 cm³/mol. The van der Waals surface area contributed by atoms with Crippen molar-refractivity contribution in [3.05, 3.63) is 70.8 Å². The number of aryl methyl sites for hydroxylation is 1. The van der Waals surface area contributed by atoms with Crippen molar-refractivity contribution in [3.8, 4) is 22.4 Å². The molecule has 3 heterocycles. The van der Waals surface area contributed by atoms with Crippen molar-refractivity contribution in [2.24, 2.45) is 0 Å². The monoisotopic (exact) mass is 588 g/mol. The number of nitrogens with zero attached hydrogens (tertiary/aromatic N) is 4. The summed E-state index contributed by atoms with van der Waals surface area (Å²) in [6, 6.07) is 10.7. The van der Waals surface area contributed by atoms with Crippen LogP contribution in [0.15, 0.2) is 42.5 Å². The van der Waals surface area contributed by atoms with Crippen LogP contribution < -0.4 is 4.90 Å². The summed E-state index contributed by atoms with van der Waals surface area (Å²) >= 11 is 0. The Morgan fingerprint density at radius 1 is 1.02 bits per heavy atom. The molecule has 1 fully saturated rings. The number of carboxylic acid groups (broad SMARTS) is 1. The molecule has 1 aromatic carbocycles. The molecule has 1 aliphatic carbocycles. The van der Waals surface area contributed by atoms with Crippen molar-refractivity contribution in [2.45, 2.75) is 64.1 Å².